The van der Waals surface area contributed by atoms with Crippen molar-refractivity contribution in [3.63, 3.8) is 0 Å². The molecule has 0 aromatic carbocycles. The van der Waals surface area contributed by atoms with Crippen LogP contribution in [0.4, 0.5) is 5.82 Å². The van der Waals surface area contributed by atoms with Crippen molar-refractivity contribution in [1.82, 2.24) is 4.98 Å². The number of pyridine rings is 1. The van der Waals surface area contributed by atoms with Gasteiger partial charge in [0.1, 0.15) is 17.6 Å². The van der Waals surface area contributed by atoms with Gasteiger partial charge in [-0.2, -0.15) is 5.26 Å². The fourth-order valence-corrected chi connectivity index (χ4v) is 1.14. The molecule has 0 aliphatic carbocycles. The predicted molar refractivity (Wildman–Crippen MR) is 59.3 cm³/mol. The van der Waals surface area contributed by atoms with Crippen LogP contribution in [-0.2, 0) is 0 Å². The second-order valence-corrected chi connectivity index (χ2v) is 3.50. The third-order valence-electron chi connectivity index (χ3n) is 2.19. The molecule has 2 N–H and O–H groups in total. The van der Waals surface area contributed by atoms with E-state index >= 15 is 0 Å². The van der Waals surface area contributed by atoms with Gasteiger partial charge in [-0.3, -0.25) is 0 Å². The molecule has 0 spiro atoms. The van der Waals surface area contributed by atoms with Crippen LogP contribution in [0.5, 0.6) is 0 Å². The summed E-state index contributed by atoms with van der Waals surface area (Å²) in [6, 6.07) is 4.70. The molecule has 1 aromatic heterocycles. The van der Waals surface area contributed by atoms with E-state index in [2.05, 4.69) is 10.3 Å². The van der Waals surface area contributed by atoms with Gasteiger partial charge in [0.2, 0.25) is 0 Å². The molecule has 1 atom stereocenters. The minimum Gasteiger partial charge on any atom is -0.478 e. The number of nitrogens with zero attached hydrogens (tertiary/aromatic N) is 2. The minimum atomic E-state index is -1.06. The van der Waals surface area contributed by atoms with Crippen LogP contribution in [0.15, 0.2) is 12.1 Å². The highest BCUT2D eigenvalue weighted by molar-refractivity contribution is 5.88. The number of anilines is 1. The van der Waals surface area contributed by atoms with Gasteiger partial charge in [0.05, 0.1) is 5.56 Å². The summed E-state index contributed by atoms with van der Waals surface area (Å²) >= 11 is 0. The van der Waals surface area contributed by atoms with Crippen LogP contribution in [0.3, 0.4) is 0 Å². The van der Waals surface area contributed by atoms with Crippen LogP contribution in [0.2, 0.25) is 0 Å². The molecule has 0 radical (unpaired) electrons. The Morgan fingerprint density at radius 2 is 2.38 bits per heavy atom. The number of hydrogen-bond acceptors (Lipinski definition) is 4. The Morgan fingerprint density at radius 3 is 2.88 bits per heavy atom. The molecule has 0 fully saturated rings. The van der Waals surface area contributed by atoms with E-state index in [-0.39, 0.29) is 17.3 Å². The predicted octanol–water partition coefficient (Wildman–Crippen LogP) is 1.86. The topological polar surface area (TPSA) is 86.0 Å². The smallest absolute Gasteiger partial charge is 0.335 e. The first-order valence-electron chi connectivity index (χ1n) is 4.98. The lowest BCUT2D eigenvalue weighted by atomic mass is 10.2. The molecule has 0 aliphatic heterocycles. The van der Waals surface area contributed by atoms with Crippen LogP contribution in [-0.4, -0.2) is 22.1 Å². The molecule has 5 heteroatoms. The molecule has 0 aliphatic rings. The maximum Gasteiger partial charge on any atom is 0.335 e. The fraction of sp³-hybridized carbons (Fsp3) is 0.364. The molecule has 1 heterocycles. The standard InChI is InChI=1S/C11H13N3O2/c1-3-7(2)13-10-5-8(11(15)16)4-9(6-12)14-10/h4-5,7H,3H2,1-2H3,(H,13,14)(H,15,16). The van der Waals surface area contributed by atoms with E-state index in [1.807, 2.05) is 19.9 Å². The van der Waals surface area contributed by atoms with E-state index < -0.39 is 5.97 Å². The van der Waals surface area contributed by atoms with Crippen LogP contribution in [0.1, 0.15) is 36.3 Å². The minimum absolute atomic E-state index is 0.0670. The number of nitriles is 1. The zero-order chi connectivity index (χ0) is 12.1. The molecule has 0 bridgehead atoms. The Bertz CT molecular complexity index is 437. The summed E-state index contributed by atoms with van der Waals surface area (Å²) in [6.07, 6.45) is 0.890. The lowest BCUT2D eigenvalue weighted by molar-refractivity contribution is 0.0696. The number of aromatic nitrogens is 1. The first kappa shape index (κ1) is 12.0. The van der Waals surface area contributed by atoms with Crippen molar-refractivity contribution in [2.45, 2.75) is 26.3 Å². The van der Waals surface area contributed by atoms with Gasteiger partial charge in [-0.25, -0.2) is 9.78 Å². The average molecular weight is 219 g/mol. The summed E-state index contributed by atoms with van der Waals surface area (Å²) in [5, 5.41) is 20.6. The number of aromatic carboxylic acids is 1. The summed E-state index contributed by atoms with van der Waals surface area (Å²) in [4.78, 5) is 14.8. The number of nitrogens with one attached hydrogen (secondary N) is 1. The van der Waals surface area contributed by atoms with Crippen molar-refractivity contribution in [1.29, 1.82) is 5.26 Å². The van der Waals surface area contributed by atoms with Gasteiger partial charge in [-0.1, -0.05) is 6.92 Å². The molecule has 0 amide bonds. The Morgan fingerprint density at radius 1 is 1.69 bits per heavy atom. The van der Waals surface area contributed by atoms with Crippen LogP contribution in [0, 0.1) is 11.3 Å². The van der Waals surface area contributed by atoms with Crippen molar-refractivity contribution in [2.75, 3.05) is 5.32 Å². The number of carboxylic acid groups (broad SMARTS) is 1. The van der Waals surface area contributed by atoms with Gasteiger partial charge < -0.3 is 10.4 Å². The van der Waals surface area contributed by atoms with Crippen molar-refractivity contribution < 1.29 is 9.90 Å². The highest BCUT2D eigenvalue weighted by atomic mass is 16.4. The molecule has 0 saturated heterocycles. The van der Waals surface area contributed by atoms with Crippen LogP contribution < -0.4 is 5.32 Å². The second kappa shape index (κ2) is 5.12. The molecular weight excluding hydrogens is 206 g/mol. The van der Waals surface area contributed by atoms with E-state index in [1.54, 1.807) is 0 Å². The highest BCUT2D eigenvalue weighted by Crippen LogP contribution is 2.12. The molecule has 84 valence electrons. The van der Waals surface area contributed by atoms with Gasteiger partial charge in [0.15, 0.2) is 0 Å². The Labute approximate surface area is 93.7 Å². The van der Waals surface area contributed by atoms with Gasteiger partial charge in [-0.05, 0) is 25.5 Å². The Hall–Kier alpha value is -2.09. The highest BCUT2D eigenvalue weighted by Gasteiger charge is 2.09. The summed E-state index contributed by atoms with van der Waals surface area (Å²) < 4.78 is 0. The van der Waals surface area contributed by atoms with Crippen molar-refractivity contribution in [3.05, 3.63) is 23.4 Å². The molecule has 5 nitrogen and oxygen atoms in total. The summed E-state index contributed by atoms with van der Waals surface area (Å²) in [7, 11) is 0. The Balaban J connectivity index is 3.05. The number of hydrogen-bond donors (Lipinski definition) is 2. The maximum atomic E-state index is 10.8. The third kappa shape index (κ3) is 2.95. The zero-order valence-corrected chi connectivity index (χ0v) is 9.19. The van der Waals surface area contributed by atoms with Gasteiger partial charge in [0, 0.05) is 6.04 Å². The van der Waals surface area contributed by atoms with E-state index in [4.69, 9.17) is 10.4 Å². The lowest BCUT2D eigenvalue weighted by Gasteiger charge is -2.12. The average Bonchev–Trinajstić information content (AvgIpc) is 2.28. The van der Waals surface area contributed by atoms with E-state index in [9.17, 15) is 4.79 Å². The fourth-order valence-electron chi connectivity index (χ4n) is 1.14. The summed E-state index contributed by atoms with van der Waals surface area (Å²) in [5.74, 6) is -0.642. The number of carbonyl (C=O) groups is 1. The summed E-state index contributed by atoms with van der Waals surface area (Å²) in [5.41, 5.74) is 0.169. The molecule has 0 saturated carbocycles. The first-order valence-corrected chi connectivity index (χ1v) is 4.98. The van der Waals surface area contributed by atoms with E-state index in [0.717, 1.165) is 6.42 Å². The first-order chi connectivity index (χ1) is 7.56. The monoisotopic (exact) mass is 219 g/mol. The summed E-state index contributed by atoms with van der Waals surface area (Å²) in [6.45, 7) is 3.96. The molecule has 1 aromatic rings. The maximum absolute atomic E-state index is 10.8. The number of carboxylic acids is 1. The molecule has 1 rings (SSSR count). The zero-order valence-electron chi connectivity index (χ0n) is 9.19. The van der Waals surface area contributed by atoms with E-state index in [0.29, 0.717) is 5.82 Å². The van der Waals surface area contributed by atoms with Gasteiger partial charge in [0.25, 0.3) is 0 Å². The van der Waals surface area contributed by atoms with Gasteiger partial charge >= 0.3 is 5.97 Å². The largest absolute Gasteiger partial charge is 0.478 e. The van der Waals surface area contributed by atoms with Crippen molar-refractivity contribution in [2.24, 2.45) is 0 Å². The second-order valence-electron chi connectivity index (χ2n) is 3.50. The quantitative estimate of drug-likeness (QED) is 0.807. The van der Waals surface area contributed by atoms with Crippen LogP contribution in [0.25, 0.3) is 0 Å². The lowest BCUT2D eigenvalue weighted by Crippen LogP contribution is -2.15. The molecular formula is C11H13N3O2. The molecule has 1 unspecified atom stereocenters. The SMILES string of the molecule is CCC(C)Nc1cc(C(=O)O)cc(C#N)n1. The molecule has 16 heavy (non-hydrogen) atoms. The normalized spacial score (nSPS) is 11.6. The van der Waals surface area contributed by atoms with Gasteiger partial charge in [-0.15, -0.1) is 0 Å². The third-order valence-corrected chi connectivity index (χ3v) is 2.19. The van der Waals surface area contributed by atoms with E-state index in [1.165, 1.54) is 12.1 Å². The Kier molecular flexibility index (Phi) is 3.84. The van der Waals surface area contributed by atoms with Crippen molar-refractivity contribution >= 4 is 11.8 Å². The van der Waals surface area contributed by atoms with Crippen LogP contribution >= 0.6 is 0 Å². The number of rotatable bonds is 4. The van der Waals surface area contributed by atoms with Crippen molar-refractivity contribution in [3.8, 4) is 6.07 Å².